The highest BCUT2D eigenvalue weighted by atomic mass is 14.2. The number of hydrogen-bond donors (Lipinski definition) is 0. The summed E-state index contributed by atoms with van der Waals surface area (Å²) in [5.74, 6) is 8.05. The lowest BCUT2D eigenvalue weighted by molar-refractivity contribution is 0.375. The second kappa shape index (κ2) is 8.02. The van der Waals surface area contributed by atoms with E-state index < -0.39 is 0 Å². The molecule has 0 nitrogen and oxygen atoms in total. The van der Waals surface area contributed by atoms with E-state index in [9.17, 15) is 0 Å². The van der Waals surface area contributed by atoms with Crippen LogP contribution in [0.4, 0.5) is 0 Å². The molecule has 0 spiro atoms. The van der Waals surface area contributed by atoms with Crippen molar-refractivity contribution in [1.82, 2.24) is 0 Å². The third-order valence-corrected chi connectivity index (χ3v) is 5.02. The van der Waals surface area contributed by atoms with Crippen LogP contribution >= 0.6 is 0 Å². The fourth-order valence-corrected chi connectivity index (χ4v) is 3.54. The van der Waals surface area contributed by atoms with E-state index in [1.165, 1.54) is 36.8 Å². The molecule has 2 aromatic rings. The van der Waals surface area contributed by atoms with Gasteiger partial charge in [0.05, 0.1) is 0 Å². The Balaban J connectivity index is 1.63. The van der Waals surface area contributed by atoms with Gasteiger partial charge < -0.3 is 0 Å². The maximum atomic E-state index is 3.28. The van der Waals surface area contributed by atoms with Gasteiger partial charge in [-0.2, -0.15) is 0 Å². The summed E-state index contributed by atoms with van der Waals surface area (Å²) in [5.41, 5.74) is 4.93. The van der Waals surface area contributed by atoms with Crippen LogP contribution in [0.3, 0.4) is 0 Å². The zero-order valence-electron chi connectivity index (χ0n) is 14.8. The molecule has 122 valence electrons. The van der Waals surface area contributed by atoms with E-state index in [4.69, 9.17) is 0 Å². The summed E-state index contributed by atoms with van der Waals surface area (Å²) in [7, 11) is 0. The van der Waals surface area contributed by atoms with Gasteiger partial charge in [0, 0.05) is 11.1 Å². The molecule has 0 heterocycles. The molecule has 0 unspecified atom stereocenters. The fourth-order valence-electron chi connectivity index (χ4n) is 3.54. The predicted octanol–water partition coefficient (Wildman–Crippen LogP) is 6.24. The summed E-state index contributed by atoms with van der Waals surface area (Å²) < 4.78 is 0. The lowest BCUT2D eigenvalue weighted by atomic mass is 9.78. The van der Waals surface area contributed by atoms with Crippen LogP contribution in [0.15, 0.2) is 60.7 Å². The Morgan fingerprint density at radius 1 is 0.792 bits per heavy atom. The van der Waals surface area contributed by atoms with E-state index in [1.807, 2.05) is 0 Å². The Kier molecular flexibility index (Phi) is 5.55. The Bertz CT molecular complexity index is 727. The number of rotatable bonds is 2. The van der Waals surface area contributed by atoms with Crippen molar-refractivity contribution in [1.29, 1.82) is 0 Å². The molecule has 0 bridgehead atoms. The van der Waals surface area contributed by atoms with Gasteiger partial charge in [0.2, 0.25) is 0 Å². The van der Waals surface area contributed by atoms with Crippen LogP contribution in [0.25, 0.3) is 0 Å². The molecule has 1 aliphatic carbocycles. The number of aryl methyl sites for hydroxylation is 1. The molecular formula is C24H26. The molecule has 2 aromatic carbocycles. The highest BCUT2D eigenvalue weighted by Gasteiger charge is 2.20. The summed E-state index contributed by atoms with van der Waals surface area (Å²) >= 11 is 0. The largest absolute Gasteiger partial charge is 0.0914 e. The van der Waals surface area contributed by atoms with E-state index in [1.54, 1.807) is 0 Å². The quantitative estimate of drug-likeness (QED) is 0.454. The monoisotopic (exact) mass is 314 g/mol. The molecule has 1 aliphatic rings. The minimum atomic E-state index is 0.727. The van der Waals surface area contributed by atoms with E-state index >= 15 is 0 Å². The molecule has 0 radical (unpaired) electrons. The van der Waals surface area contributed by atoms with Crippen LogP contribution in [-0.2, 0) is 0 Å². The lowest BCUT2D eigenvalue weighted by Gasteiger charge is -2.27. The summed E-state index contributed by atoms with van der Waals surface area (Å²) in [6.07, 6.45) is 9.84. The molecule has 1 saturated carbocycles. The maximum Gasteiger partial charge on any atom is 0.0249 e. The van der Waals surface area contributed by atoms with E-state index in [0.717, 1.165) is 23.0 Å². The van der Waals surface area contributed by atoms with Crippen LogP contribution in [0, 0.1) is 24.7 Å². The van der Waals surface area contributed by atoms with Crippen molar-refractivity contribution in [3.63, 3.8) is 0 Å². The summed E-state index contributed by atoms with van der Waals surface area (Å²) in [6.45, 7) is 4.23. The van der Waals surface area contributed by atoms with Crippen molar-refractivity contribution in [3.8, 4) is 11.8 Å². The van der Waals surface area contributed by atoms with Crippen LogP contribution in [0.5, 0.6) is 0 Å². The third kappa shape index (κ3) is 4.39. The van der Waals surface area contributed by atoms with Crippen LogP contribution in [0.2, 0.25) is 0 Å². The first-order valence-electron chi connectivity index (χ1n) is 9.06. The van der Waals surface area contributed by atoms with Crippen molar-refractivity contribution in [2.45, 2.75) is 45.4 Å². The van der Waals surface area contributed by atoms with Gasteiger partial charge in [0.15, 0.2) is 0 Å². The average molecular weight is 314 g/mol. The summed E-state index contributed by atoms with van der Waals surface area (Å²) in [4.78, 5) is 0. The normalized spacial score (nSPS) is 20.6. The smallest absolute Gasteiger partial charge is 0.0249 e. The Labute approximate surface area is 146 Å². The van der Waals surface area contributed by atoms with Gasteiger partial charge in [-0.05, 0) is 81.2 Å². The highest BCUT2D eigenvalue weighted by Crippen LogP contribution is 2.36. The standard InChI is InChI=1S/C24H26/c1-3-4-20-11-15-23(16-12-20)24-17-13-22(14-18-24)10-9-21-7-5-19(2)6-8-21/h3-8,13-14,17-18,20,23H,11-12,15-16H2,1-2H3/b4-3+. The van der Waals surface area contributed by atoms with E-state index in [0.29, 0.717) is 0 Å². The van der Waals surface area contributed by atoms with E-state index in [-0.39, 0.29) is 0 Å². The molecule has 0 heteroatoms. The van der Waals surface area contributed by atoms with Gasteiger partial charge in [0.25, 0.3) is 0 Å². The first-order chi connectivity index (χ1) is 11.7. The fraction of sp³-hybridized carbons (Fsp3) is 0.333. The molecule has 0 atom stereocenters. The molecule has 0 aliphatic heterocycles. The van der Waals surface area contributed by atoms with Crippen molar-refractivity contribution in [2.24, 2.45) is 5.92 Å². The molecule has 0 amide bonds. The van der Waals surface area contributed by atoms with Crippen molar-refractivity contribution >= 4 is 0 Å². The zero-order valence-corrected chi connectivity index (χ0v) is 14.8. The SMILES string of the molecule is C/C=C/C1CCC(c2ccc(C#Cc3ccc(C)cc3)cc2)CC1. The molecule has 1 fully saturated rings. The minimum Gasteiger partial charge on any atom is -0.0914 e. The minimum absolute atomic E-state index is 0.727. The zero-order chi connectivity index (χ0) is 16.8. The van der Waals surface area contributed by atoms with Crippen molar-refractivity contribution < 1.29 is 0 Å². The van der Waals surface area contributed by atoms with Gasteiger partial charge in [0.1, 0.15) is 0 Å². The van der Waals surface area contributed by atoms with E-state index in [2.05, 4.69) is 86.4 Å². The van der Waals surface area contributed by atoms with Crippen LogP contribution in [-0.4, -0.2) is 0 Å². The van der Waals surface area contributed by atoms with Gasteiger partial charge in [-0.15, -0.1) is 0 Å². The van der Waals surface area contributed by atoms with Gasteiger partial charge in [-0.25, -0.2) is 0 Å². The molecule has 0 N–H and O–H groups in total. The second-order valence-corrected chi connectivity index (χ2v) is 6.88. The highest BCUT2D eigenvalue weighted by molar-refractivity contribution is 5.44. The number of benzene rings is 2. The molecular weight excluding hydrogens is 288 g/mol. The van der Waals surface area contributed by atoms with Gasteiger partial charge in [-0.3, -0.25) is 0 Å². The summed E-state index contributed by atoms with van der Waals surface area (Å²) in [5, 5.41) is 0. The second-order valence-electron chi connectivity index (χ2n) is 6.88. The van der Waals surface area contributed by atoms with Gasteiger partial charge >= 0.3 is 0 Å². The number of hydrogen-bond acceptors (Lipinski definition) is 0. The topological polar surface area (TPSA) is 0 Å². The maximum absolute atomic E-state index is 3.28. The molecule has 0 saturated heterocycles. The van der Waals surface area contributed by atoms with Crippen molar-refractivity contribution in [2.75, 3.05) is 0 Å². The third-order valence-electron chi connectivity index (χ3n) is 5.02. The predicted molar refractivity (Wildman–Crippen MR) is 103 cm³/mol. The Hall–Kier alpha value is -2.26. The average Bonchev–Trinajstić information content (AvgIpc) is 2.63. The molecule has 0 aromatic heterocycles. The molecule has 24 heavy (non-hydrogen) atoms. The first kappa shape index (κ1) is 16.6. The van der Waals surface area contributed by atoms with Crippen molar-refractivity contribution in [3.05, 3.63) is 82.9 Å². The molecule has 3 rings (SSSR count). The summed E-state index contributed by atoms with van der Waals surface area (Å²) in [6, 6.07) is 17.3. The lowest BCUT2D eigenvalue weighted by Crippen LogP contribution is -2.11. The van der Waals surface area contributed by atoms with Gasteiger partial charge in [-0.1, -0.05) is 53.8 Å². The first-order valence-corrected chi connectivity index (χ1v) is 9.06. The van der Waals surface area contributed by atoms with Crippen LogP contribution < -0.4 is 0 Å². The Morgan fingerprint density at radius 2 is 1.33 bits per heavy atom. The Morgan fingerprint density at radius 3 is 1.88 bits per heavy atom. The van der Waals surface area contributed by atoms with Crippen LogP contribution in [0.1, 0.15) is 60.8 Å². The number of allylic oxidation sites excluding steroid dienone is 2.